The molecule has 3 heterocycles. The van der Waals surface area contributed by atoms with Crippen LogP contribution >= 0.6 is 0 Å². The van der Waals surface area contributed by atoms with Gasteiger partial charge in [-0.25, -0.2) is 4.99 Å². The normalized spacial score (nSPS) is 24.8. The van der Waals surface area contributed by atoms with Gasteiger partial charge in [0.15, 0.2) is 11.8 Å². The molecule has 8 heteroatoms. The summed E-state index contributed by atoms with van der Waals surface area (Å²) in [5.41, 5.74) is 1.24. The molecular formula is C24H34N6O2. The standard InChI is InChI=1S/C24H34N6O2/c1-17-28-29-22(30(17)2)16-25-23(26-18-9-14-32-24(15-18)11-5-6-12-24)27-20-10-13-31-21-8-4-3-7-19(20)21/h3-4,7-8,18,20H,5-6,9-16H2,1-2H3,(H2,25,26,27). The highest BCUT2D eigenvalue weighted by atomic mass is 16.5. The van der Waals surface area contributed by atoms with E-state index in [-0.39, 0.29) is 11.6 Å². The van der Waals surface area contributed by atoms with E-state index in [1.54, 1.807) is 0 Å². The zero-order valence-corrected chi connectivity index (χ0v) is 19.1. The van der Waals surface area contributed by atoms with Crippen molar-refractivity contribution in [1.82, 2.24) is 25.4 Å². The molecule has 3 aliphatic rings. The number of para-hydroxylation sites is 1. The second kappa shape index (κ2) is 9.10. The lowest BCUT2D eigenvalue weighted by Crippen LogP contribution is -2.51. The third-order valence-corrected chi connectivity index (χ3v) is 7.18. The number of guanidine groups is 1. The summed E-state index contributed by atoms with van der Waals surface area (Å²) in [5.74, 6) is 3.53. The quantitative estimate of drug-likeness (QED) is 0.563. The molecule has 1 spiro atoms. The highest BCUT2D eigenvalue weighted by molar-refractivity contribution is 5.80. The fourth-order valence-electron chi connectivity index (χ4n) is 5.24. The van der Waals surface area contributed by atoms with E-state index < -0.39 is 0 Å². The SMILES string of the molecule is Cc1nnc(CN=C(NC2CCOC3(CCCC3)C2)NC2CCOc3ccccc32)n1C. The van der Waals surface area contributed by atoms with Crippen molar-refractivity contribution in [2.24, 2.45) is 12.0 Å². The smallest absolute Gasteiger partial charge is 0.192 e. The number of nitrogens with one attached hydrogen (secondary N) is 2. The molecule has 2 unspecified atom stereocenters. The molecule has 8 nitrogen and oxygen atoms in total. The molecule has 2 fully saturated rings. The summed E-state index contributed by atoms with van der Waals surface area (Å²) in [6.45, 7) is 3.95. The number of aryl methyl sites for hydroxylation is 1. The van der Waals surface area contributed by atoms with Gasteiger partial charge in [0, 0.05) is 31.7 Å². The average Bonchev–Trinajstić information content (AvgIpc) is 3.38. The third-order valence-electron chi connectivity index (χ3n) is 7.18. The summed E-state index contributed by atoms with van der Waals surface area (Å²) in [5, 5.41) is 15.9. The molecule has 0 bridgehead atoms. The fourth-order valence-corrected chi connectivity index (χ4v) is 5.24. The minimum Gasteiger partial charge on any atom is -0.493 e. The van der Waals surface area contributed by atoms with E-state index in [9.17, 15) is 0 Å². The lowest BCUT2D eigenvalue weighted by atomic mass is 9.89. The van der Waals surface area contributed by atoms with Crippen molar-refractivity contribution in [3.8, 4) is 5.75 Å². The number of aliphatic imine (C=N–C) groups is 1. The van der Waals surface area contributed by atoms with E-state index >= 15 is 0 Å². The van der Waals surface area contributed by atoms with Crippen molar-refractivity contribution in [1.29, 1.82) is 0 Å². The minimum absolute atomic E-state index is 0.0625. The summed E-state index contributed by atoms with van der Waals surface area (Å²) in [6, 6.07) is 8.78. The van der Waals surface area contributed by atoms with Crippen molar-refractivity contribution >= 4 is 5.96 Å². The van der Waals surface area contributed by atoms with Crippen molar-refractivity contribution < 1.29 is 9.47 Å². The second-order valence-corrected chi connectivity index (χ2v) is 9.33. The molecule has 1 saturated carbocycles. The Hall–Kier alpha value is -2.61. The van der Waals surface area contributed by atoms with Gasteiger partial charge in [0.1, 0.15) is 18.1 Å². The van der Waals surface area contributed by atoms with Crippen LogP contribution in [0.15, 0.2) is 29.3 Å². The molecular weight excluding hydrogens is 404 g/mol. The number of fused-ring (bicyclic) bond motifs is 1. The van der Waals surface area contributed by atoms with Crippen molar-refractivity contribution in [3.63, 3.8) is 0 Å². The highest BCUT2D eigenvalue weighted by Crippen LogP contribution is 2.40. The first kappa shape index (κ1) is 21.2. The predicted molar refractivity (Wildman–Crippen MR) is 123 cm³/mol. The summed E-state index contributed by atoms with van der Waals surface area (Å²) in [4.78, 5) is 4.93. The van der Waals surface area contributed by atoms with Crippen LogP contribution in [0.2, 0.25) is 0 Å². The molecule has 0 radical (unpaired) electrons. The molecule has 2 atom stereocenters. The molecule has 1 aromatic heterocycles. The van der Waals surface area contributed by atoms with Gasteiger partial charge in [0.05, 0.1) is 18.2 Å². The number of aromatic nitrogens is 3. The maximum absolute atomic E-state index is 6.24. The van der Waals surface area contributed by atoms with E-state index in [1.807, 2.05) is 30.7 Å². The average molecular weight is 439 g/mol. The number of rotatable bonds is 4. The molecule has 5 rings (SSSR count). The second-order valence-electron chi connectivity index (χ2n) is 9.33. The maximum atomic E-state index is 6.24. The van der Waals surface area contributed by atoms with Crippen molar-refractivity contribution in [3.05, 3.63) is 41.5 Å². The van der Waals surface area contributed by atoms with Gasteiger partial charge in [-0.05, 0) is 38.7 Å². The van der Waals surface area contributed by atoms with Gasteiger partial charge in [0.2, 0.25) is 0 Å². The first-order chi connectivity index (χ1) is 15.6. The Morgan fingerprint density at radius 3 is 2.81 bits per heavy atom. The van der Waals surface area contributed by atoms with Crippen LogP contribution in [-0.2, 0) is 18.3 Å². The lowest BCUT2D eigenvalue weighted by molar-refractivity contribution is -0.0815. The molecule has 2 aliphatic heterocycles. The highest BCUT2D eigenvalue weighted by Gasteiger charge is 2.40. The molecule has 1 aliphatic carbocycles. The van der Waals surface area contributed by atoms with Gasteiger partial charge < -0.3 is 24.7 Å². The molecule has 2 N–H and O–H groups in total. The number of benzene rings is 1. The van der Waals surface area contributed by atoms with Crippen LogP contribution < -0.4 is 15.4 Å². The first-order valence-corrected chi connectivity index (χ1v) is 11.9. The van der Waals surface area contributed by atoms with Crippen molar-refractivity contribution in [2.75, 3.05) is 13.2 Å². The molecule has 1 saturated heterocycles. The summed E-state index contributed by atoms with van der Waals surface area (Å²) in [6.07, 6.45) is 7.84. The Morgan fingerprint density at radius 2 is 2.00 bits per heavy atom. The summed E-state index contributed by atoms with van der Waals surface area (Å²) < 4.78 is 14.1. The first-order valence-electron chi connectivity index (χ1n) is 11.9. The molecule has 1 aromatic carbocycles. The molecule has 2 aromatic rings. The van der Waals surface area contributed by atoms with E-state index in [4.69, 9.17) is 14.5 Å². The minimum atomic E-state index is 0.0625. The van der Waals surface area contributed by atoms with Gasteiger partial charge in [-0.1, -0.05) is 31.0 Å². The zero-order chi connectivity index (χ0) is 22.0. The van der Waals surface area contributed by atoms with Crippen LogP contribution in [0.25, 0.3) is 0 Å². The van der Waals surface area contributed by atoms with Crippen LogP contribution in [-0.4, -0.2) is 45.6 Å². The summed E-state index contributed by atoms with van der Waals surface area (Å²) in [7, 11) is 1.98. The number of hydrogen-bond acceptors (Lipinski definition) is 5. The lowest BCUT2D eigenvalue weighted by Gasteiger charge is -2.39. The third kappa shape index (κ3) is 4.46. The van der Waals surface area contributed by atoms with Gasteiger partial charge >= 0.3 is 0 Å². The molecule has 172 valence electrons. The fraction of sp³-hybridized carbons (Fsp3) is 0.625. The summed E-state index contributed by atoms with van der Waals surface area (Å²) >= 11 is 0. The Labute approximate surface area is 189 Å². The molecule has 32 heavy (non-hydrogen) atoms. The van der Waals surface area contributed by atoms with Crippen molar-refractivity contribution in [2.45, 2.75) is 76.1 Å². The van der Waals surface area contributed by atoms with E-state index in [1.165, 1.54) is 31.2 Å². The zero-order valence-electron chi connectivity index (χ0n) is 19.1. The van der Waals surface area contributed by atoms with Gasteiger partial charge in [-0.15, -0.1) is 10.2 Å². The Kier molecular flexibility index (Phi) is 6.04. The van der Waals surface area contributed by atoms with Gasteiger partial charge in [-0.2, -0.15) is 0 Å². The van der Waals surface area contributed by atoms with Gasteiger partial charge in [-0.3, -0.25) is 0 Å². The van der Waals surface area contributed by atoms with Gasteiger partial charge in [0.25, 0.3) is 0 Å². The van der Waals surface area contributed by atoms with Crippen LogP contribution in [0.1, 0.15) is 68.2 Å². The van der Waals surface area contributed by atoms with Crippen LogP contribution in [0.4, 0.5) is 0 Å². The topological polar surface area (TPSA) is 85.6 Å². The maximum Gasteiger partial charge on any atom is 0.192 e. The Balaban J connectivity index is 1.35. The van der Waals surface area contributed by atoms with Crippen LogP contribution in [0, 0.1) is 6.92 Å². The largest absolute Gasteiger partial charge is 0.493 e. The van der Waals surface area contributed by atoms with E-state index in [0.29, 0.717) is 19.2 Å². The van der Waals surface area contributed by atoms with E-state index in [0.717, 1.165) is 49.2 Å². The Morgan fingerprint density at radius 1 is 1.16 bits per heavy atom. The number of ether oxygens (including phenoxy) is 2. The molecule has 0 amide bonds. The Bertz CT molecular complexity index is 965. The monoisotopic (exact) mass is 438 g/mol. The van der Waals surface area contributed by atoms with Crippen LogP contribution in [0.3, 0.4) is 0 Å². The number of hydrogen-bond donors (Lipinski definition) is 2. The predicted octanol–water partition coefficient (Wildman–Crippen LogP) is 3.17. The van der Waals surface area contributed by atoms with Crippen LogP contribution in [0.5, 0.6) is 5.75 Å². The number of nitrogens with zero attached hydrogens (tertiary/aromatic N) is 4. The van der Waals surface area contributed by atoms with E-state index in [2.05, 4.69) is 33.0 Å².